The van der Waals surface area contributed by atoms with Gasteiger partial charge in [0.1, 0.15) is 0 Å². The summed E-state index contributed by atoms with van der Waals surface area (Å²) >= 11 is 0. The number of hydrogen-bond donors (Lipinski definition) is 3. The van der Waals surface area contributed by atoms with E-state index in [9.17, 15) is 5.11 Å². The van der Waals surface area contributed by atoms with Gasteiger partial charge in [-0.05, 0) is 36.2 Å². The monoisotopic (exact) mass is 461 g/mol. The fraction of sp³-hybridized carbons (Fsp3) is 0.250. The average molecular weight is 462 g/mol. The molecule has 2 heterocycles. The van der Waals surface area contributed by atoms with Gasteiger partial charge in [0, 0.05) is 24.3 Å². The van der Waals surface area contributed by atoms with Gasteiger partial charge >= 0.3 is 0 Å². The molecule has 0 atom stereocenters. The van der Waals surface area contributed by atoms with Crippen LogP contribution in [0.5, 0.6) is 11.5 Å². The standard InChI is InChI=1S/C24H27N7O3/c1-3-7-18-14-17(15-20(33-2)21(18)32)16-25-30-23-27-22(26-19-8-5-4-6-9-19)28-24(29-23)31-10-12-34-13-11-31/h3-6,8-9,14-16,32H,1,7,10-13H2,2H3,(H2,26,27,28,29,30)/b25-16+. The van der Waals surface area contributed by atoms with Gasteiger partial charge in [-0.15, -0.1) is 6.58 Å². The Morgan fingerprint density at radius 2 is 1.91 bits per heavy atom. The predicted octanol–water partition coefficient (Wildman–Crippen LogP) is 3.34. The van der Waals surface area contributed by atoms with Crippen LogP contribution in [-0.4, -0.2) is 59.7 Å². The van der Waals surface area contributed by atoms with Crippen LogP contribution in [0.15, 0.2) is 60.2 Å². The second-order valence-electron chi connectivity index (χ2n) is 7.47. The van der Waals surface area contributed by atoms with Gasteiger partial charge in [0.05, 0.1) is 26.5 Å². The van der Waals surface area contributed by atoms with E-state index in [1.807, 2.05) is 41.3 Å². The van der Waals surface area contributed by atoms with Crippen LogP contribution in [0.25, 0.3) is 0 Å². The Balaban J connectivity index is 1.58. The maximum Gasteiger partial charge on any atom is 0.250 e. The predicted molar refractivity (Wildman–Crippen MR) is 132 cm³/mol. The summed E-state index contributed by atoms with van der Waals surface area (Å²) in [6.07, 6.45) is 3.83. The second-order valence-corrected chi connectivity index (χ2v) is 7.47. The lowest BCUT2D eigenvalue weighted by atomic mass is 10.1. The summed E-state index contributed by atoms with van der Waals surface area (Å²) in [5.74, 6) is 1.69. The van der Waals surface area contributed by atoms with Crippen molar-refractivity contribution in [2.24, 2.45) is 5.10 Å². The van der Waals surface area contributed by atoms with E-state index in [4.69, 9.17) is 9.47 Å². The van der Waals surface area contributed by atoms with E-state index in [2.05, 4.69) is 37.4 Å². The number of anilines is 4. The fourth-order valence-electron chi connectivity index (χ4n) is 3.42. The number of phenols is 1. The van der Waals surface area contributed by atoms with Gasteiger partial charge in [0.25, 0.3) is 0 Å². The Bertz CT molecular complexity index is 1150. The summed E-state index contributed by atoms with van der Waals surface area (Å²) in [7, 11) is 1.51. The highest BCUT2D eigenvalue weighted by Crippen LogP contribution is 2.31. The van der Waals surface area contributed by atoms with E-state index >= 15 is 0 Å². The number of methoxy groups -OCH3 is 1. The Morgan fingerprint density at radius 1 is 1.15 bits per heavy atom. The average Bonchev–Trinajstić information content (AvgIpc) is 2.87. The molecule has 0 aliphatic carbocycles. The Labute approximate surface area is 198 Å². The third-order valence-corrected chi connectivity index (χ3v) is 5.09. The molecule has 176 valence electrons. The molecule has 0 amide bonds. The van der Waals surface area contributed by atoms with Gasteiger partial charge < -0.3 is 24.8 Å². The lowest BCUT2D eigenvalue weighted by Gasteiger charge is -2.27. The molecule has 34 heavy (non-hydrogen) atoms. The number of phenolic OH excluding ortho intramolecular Hbond substituents is 1. The number of aromatic nitrogens is 3. The van der Waals surface area contributed by atoms with Crippen LogP contribution < -0.4 is 20.4 Å². The van der Waals surface area contributed by atoms with Crippen molar-refractivity contribution in [1.29, 1.82) is 0 Å². The Hall–Kier alpha value is -4.18. The maximum atomic E-state index is 10.3. The summed E-state index contributed by atoms with van der Waals surface area (Å²) in [6, 6.07) is 13.2. The molecule has 0 saturated carbocycles. The molecule has 1 aliphatic heterocycles. The van der Waals surface area contributed by atoms with E-state index < -0.39 is 0 Å². The lowest BCUT2D eigenvalue weighted by molar-refractivity contribution is 0.122. The highest BCUT2D eigenvalue weighted by molar-refractivity contribution is 5.82. The van der Waals surface area contributed by atoms with Crippen LogP contribution in [0.4, 0.5) is 23.5 Å². The highest BCUT2D eigenvalue weighted by Gasteiger charge is 2.17. The largest absolute Gasteiger partial charge is 0.504 e. The molecule has 1 aromatic heterocycles. The van der Waals surface area contributed by atoms with Crippen LogP contribution >= 0.6 is 0 Å². The first-order valence-corrected chi connectivity index (χ1v) is 10.9. The van der Waals surface area contributed by atoms with Crippen molar-refractivity contribution in [3.05, 3.63) is 66.2 Å². The van der Waals surface area contributed by atoms with Gasteiger partial charge in [-0.3, -0.25) is 0 Å². The van der Waals surface area contributed by atoms with Crippen molar-refractivity contribution < 1.29 is 14.6 Å². The highest BCUT2D eigenvalue weighted by atomic mass is 16.5. The van der Waals surface area contributed by atoms with E-state index in [0.29, 0.717) is 61.9 Å². The first kappa shape index (κ1) is 23.0. The number of ether oxygens (including phenoxy) is 2. The molecule has 0 radical (unpaired) electrons. The molecule has 0 bridgehead atoms. The third-order valence-electron chi connectivity index (χ3n) is 5.09. The number of hydrazone groups is 1. The first-order valence-electron chi connectivity index (χ1n) is 10.9. The number of morpholine rings is 1. The molecule has 0 spiro atoms. The molecule has 0 unspecified atom stereocenters. The minimum Gasteiger partial charge on any atom is -0.504 e. The zero-order valence-corrected chi connectivity index (χ0v) is 18.9. The van der Waals surface area contributed by atoms with E-state index in [1.54, 1.807) is 18.4 Å². The number of nitrogens with one attached hydrogen (secondary N) is 2. The first-order chi connectivity index (χ1) is 16.7. The smallest absolute Gasteiger partial charge is 0.250 e. The SMILES string of the molecule is C=CCc1cc(/C=N/Nc2nc(Nc3ccccc3)nc(N3CCOCC3)n2)cc(OC)c1O. The molecule has 4 rings (SSSR count). The maximum absolute atomic E-state index is 10.3. The zero-order valence-electron chi connectivity index (χ0n) is 18.9. The van der Waals surface area contributed by atoms with Gasteiger partial charge in [0.15, 0.2) is 11.5 Å². The lowest BCUT2D eigenvalue weighted by Crippen LogP contribution is -2.37. The van der Waals surface area contributed by atoms with Crippen molar-refractivity contribution >= 4 is 29.7 Å². The molecular formula is C24H27N7O3. The summed E-state index contributed by atoms with van der Waals surface area (Å²) in [5, 5.41) is 17.8. The number of allylic oxidation sites excluding steroid dienone is 1. The van der Waals surface area contributed by atoms with Crippen molar-refractivity contribution in [1.82, 2.24) is 15.0 Å². The molecule has 2 aromatic carbocycles. The van der Waals surface area contributed by atoms with Crippen LogP contribution in [0.2, 0.25) is 0 Å². The molecule has 3 aromatic rings. The van der Waals surface area contributed by atoms with Gasteiger partial charge in [0.2, 0.25) is 17.8 Å². The number of aromatic hydroxyl groups is 1. The Kier molecular flexibility index (Phi) is 7.51. The summed E-state index contributed by atoms with van der Waals surface area (Å²) in [5.41, 5.74) is 5.19. The number of rotatable bonds is 9. The summed E-state index contributed by atoms with van der Waals surface area (Å²) in [4.78, 5) is 15.6. The number of para-hydroxylation sites is 1. The minimum atomic E-state index is 0.0942. The van der Waals surface area contributed by atoms with E-state index in [1.165, 1.54) is 7.11 Å². The minimum absolute atomic E-state index is 0.0942. The van der Waals surface area contributed by atoms with Crippen LogP contribution in [0.1, 0.15) is 11.1 Å². The van der Waals surface area contributed by atoms with Gasteiger partial charge in [-0.25, -0.2) is 5.43 Å². The van der Waals surface area contributed by atoms with Gasteiger partial charge in [-0.1, -0.05) is 24.3 Å². The van der Waals surface area contributed by atoms with Gasteiger partial charge in [-0.2, -0.15) is 20.1 Å². The van der Waals surface area contributed by atoms with Crippen molar-refractivity contribution in [3.8, 4) is 11.5 Å². The van der Waals surface area contributed by atoms with Crippen molar-refractivity contribution in [2.75, 3.05) is 49.1 Å². The van der Waals surface area contributed by atoms with Crippen LogP contribution in [0, 0.1) is 0 Å². The molecule has 10 nitrogen and oxygen atoms in total. The molecule has 1 aliphatic rings. The van der Waals surface area contributed by atoms with Crippen molar-refractivity contribution in [2.45, 2.75) is 6.42 Å². The van der Waals surface area contributed by atoms with Crippen LogP contribution in [0.3, 0.4) is 0 Å². The molecule has 1 fully saturated rings. The third kappa shape index (κ3) is 5.78. The quantitative estimate of drug-likeness (QED) is 0.250. The van der Waals surface area contributed by atoms with E-state index in [0.717, 1.165) is 11.3 Å². The number of nitrogens with zero attached hydrogens (tertiary/aromatic N) is 5. The molecule has 3 N–H and O–H groups in total. The Morgan fingerprint density at radius 3 is 2.65 bits per heavy atom. The second kappa shape index (κ2) is 11.1. The zero-order chi connectivity index (χ0) is 23.8. The fourth-order valence-corrected chi connectivity index (χ4v) is 3.42. The number of benzene rings is 2. The topological polar surface area (TPSA) is 117 Å². The molecule has 1 saturated heterocycles. The van der Waals surface area contributed by atoms with Crippen molar-refractivity contribution in [3.63, 3.8) is 0 Å². The molecular weight excluding hydrogens is 434 g/mol. The van der Waals surface area contributed by atoms with Crippen LogP contribution in [-0.2, 0) is 11.2 Å². The summed E-state index contributed by atoms with van der Waals surface area (Å²) in [6.45, 7) is 6.34. The van der Waals surface area contributed by atoms with E-state index in [-0.39, 0.29) is 5.75 Å². The molecule has 10 heteroatoms. The normalized spacial score (nSPS) is 13.6. The summed E-state index contributed by atoms with van der Waals surface area (Å²) < 4.78 is 10.7. The number of hydrogen-bond acceptors (Lipinski definition) is 10.